The van der Waals surface area contributed by atoms with Gasteiger partial charge in [0.2, 0.25) is 15.9 Å². The molecule has 0 bridgehead atoms. The van der Waals surface area contributed by atoms with E-state index in [0.29, 0.717) is 6.54 Å². The fraction of sp³-hybridized carbons (Fsp3) is 0.667. The Labute approximate surface area is 151 Å². The zero-order chi connectivity index (χ0) is 19.1. The number of hydrogen-bond donors (Lipinski definition) is 2. The third-order valence-electron chi connectivity index (χ3n) is 4.82. The minimum Gasteiger partial charge on any atom is -0.361 e. The smallest absolute Gasteiger partial charge is 0.254 e. The number of morpholine rings is 1. The molecule has 0 radical (unpaired) electrons. The number of sulfonamides is 1. The summed E-state index contributed by atoms with van der Waals surface area (Å²) < 4.78 is 32.4. The van der Waals surface area contributed by atoms with Crippen molar-refractivity contribution >= 4 is 21.8 Å². The lowest BCUT2D eigenvalue weighted by molar-refractivity contribution is -0.163. The van der Waals surface area contributed by atoms with Crippen molar-refractivity contribution in [2.75, 3.05) is 32.5 Å². The average molecular weight is 385 g/mol. The molecule has 2 amide bonds. The summed E-state index contributed by atoms with van der Waals surface area (Å²) in [6.45, 7) is 2.38. The summed E-state index contributed by atoms with van der Waals surface area (Å²) in [5.74, 6) is -1.80. The molecule has 11 heteroatoms. The molecule has 10 nitrogen and oxygen atoms in total. The molecule has 1 aromatic rings. The van der Waals surface area contributed by atoms with Gasteiger partial charge in [-0.3, -0.25) is 14.3 Å². The number of hydrogen-bond acceptors (Lipinski definition) is 6. The van der Waals surface area contributed by atoms with E-state index < -0.39 is 33.4 Å². The molecule has 2 atom stereocenters. The Balaban J connectivity index is 1.81. The van der Waals surface area contributed by atoms with Crippen LogP contribution in [0.3, 0.4) is 0 Å². The van der Waals surface area contributed by atoms with Gasteiger partial charge < -0.3 is 15.4 Å². The van der Waals surface area contributed by atoms with Crippen LogP contribution in [-0.4, -0.2) is 72.4 Å². The van der Waals surface area contributed by atoms with E-state index in [1.807, 2.05) is 13.0 Å². The Morgan fingerprint density at radius 3 is 2.85 bits per heavy atom. The molecule has 3 heterocycles. The van der Waals surface area contributed by atoms with Gasteiger partial charge in [-0.15, -0.1) is 0 Å². The Bertz CT molecular complexity index is 835. The molecule has 0 aromatic carbocycles. The lowest BCUT2D eigenvalue weighted by atomic mass is 9.87. The molecule has 2 aliphatic heterocycles. The van der Waals surface area contributed by atoms with Gasteiger partial charge in [0.05, 0.1) is 43.3 Å². The van der Waals surface area contributed by atoms with Crippen molar-refractivity contribution in [1.29, 1.82) is 0 Å². The highest BCUT2D eigenvalue weighted by Crippen LogP contribution is 2.34. The molecular weight excluding hydrogens is 362 g/mol. The van der Waals surface area contributed by atoms with Crippen LogP contribution in [-0.2, 0) is 37.9 Å². The van der Waals surface area contributed by atoms with Crippen LogP contribution in [0.25, 0.3) is 0 Å². The van der Waals surface area contributed by atoms with Gasteiger partial charge in [-0.25, -0.2) is 8.42 Å². The first-order valence-corrected chi connectivity index (χ1v) is 10.1. The van der Waals surface area contributed by atoms with Crippen LogP contribution in [0.5, 0.6) is 0 Å². The highest BCUT2D eigenvalue weighted by Gasteiger charge is 2.59. The number of ether oxygens (including phenoxy) is 1. The van der Waals surface area contributed by atoms with E-state index in [2.05, 4.69) is 15.7 Å². The Hall–Kier alpha value is -1.98. The number of nitrogens with zero attached hydrogens (tertiary/aromatic N) is 3. The quantitative estimate of drug-likeness (QED) is 0.626. The summed E-state index contributed by atoms with van der Waals surface area (Å²) in [5.41, 5.74) is 0.137. The number of carbonyl (C=O) groups is 2. The average Bonchev–Trinajstić information content (AvgIpc) is 3.09. The van der Waals surface area contributed by atoms with Gasteiger partial charge in [-0.05, 0) is 13.0 Å². The molecule has 2 fully saturated rings. The summed E-state index contributed by atoms with van der Waals surface area (Å²) in [6, 6.07) is 1.84. The summed E-state index contributed by atoms with van der Waals surface area (Å²) in [7, 11) is -1.79. The first kappa shape index (κ1) is 18.8. The van der Waals surface area contributed by atoms with E-state index in [1.54, 1.807) is 11.7 Å². The van der Waals surface area contributed by atoms with Crippen molar-refractivity contribution in [2.45, 2.75) is 19.1 Å². The standard InChI is InChI=1S/C15H23N5O5S/c1-10-6-11(19(2)18-10)7-17-13(21)12-8-20(26(3,23)24)9-15(12)14(22)16-4-5-25-15/h6,12H,4-5,7-9H2,1-3H3,(H,16,22)(H,17,21)/t12-,15-/m1/s1. The normalized spacial score (nSPS) is 26.9. The van der Waals surface area contributed by atoms with Crippen LogP contribution < -0.4 is 10.6 Å². The van der Waals surface area contributed by atoms with Gasteiger partial charge in [0.15, 0.2) is 5.60 Å². The van der Waals surface area contributed by atoms with Crippen molar-refractivity contribution < 1.29 is 22.7 Å². The van der Waals surface area contributed by atoms with Crippen molar-refractivity contribution in [3.05, 3.63) is 17.5 Å². The van der Waals surface area contributed by atoms with Crippen LogP contribution in [0, 0.1) is 12.8 Å². The largest absolute Gasteiger partial charge is 0.361 e. The Morgan fingerprint density at radius 1 is 1.54 bits per heavy atom. The van der Waals surface area contributed by atoms with E-state index in [-0.39, 0.29) is 26.2 Å². The highest BCUT2D eigenvalue weighted by atomic mass is 32.2. The van der Waals surface area contributed by atoms with E-state index in [9.17, 15) is 18.0 Å². The zero-order valence-corrected chi connectivity index (χ0v) is 15.8. The number of amides is 2. The predicted octanol–water partition coefficient (Wildman–Crippen LogP) is -1.88. The first-order valence-electron chi connectivity index (χ1n) is 8.28. The van der Waals surface area contributed by atoms with Gasteiger partial charge in [-0.1, -0.05) is 0 Å². The number of rotatable bonds is 4. The number of carbonyl (C=O) groups excluding carboxylic acids is 2. The fourth-order valence-electron chi connectivity index (χ4n) is 3.45. The van der Waals surface area contributed by atoms with E-state index in [4.69, 9.17) is 4.74 Å². The van der Waals surface area contributed by atoms with Gasteiger partial charge in [0.25, 0.3) is 5.91 Å². The lowest BCUT2D eigenvalue weighted by Crippen LogP contribution is -2.62. The SMILES string of the molecule is Cc1cc(CNC(=O)[C@H]2CN(S(C)(=O)=O)C[C@@]23OCCNC3=O)n(C)n1. The predicted molar refractivity (Wildman–Crippen MR) is 91.4 cm³/mol. The Kier molecular flexibility index (Phi) is 4.80. The minimum atomic E-state index is -3.56. The van der Waals surface area contributed by atoms with Gasteiger partial charge >= 0.3 is 0 Å². The molecule has 0 saturated carbocycles. The maximum atomic E-state index is 12.8. The number of aromatic nitrogens is 2. The van der Waals surface area contributed by atoms with Crippen molar-refractivity contribution in [1.82, 2.24) is 24.7 Å². The van der Waals surface area contributed by atoms with Crippen molar-refractivity contribution in [3.63, 3.8) is 0 Å². The van der Waals surface area contributed by atoms with Gasteiger partial charge in [-0.2, -0.15) is 9.40 Å². The van der Waals surface area contributed by atoms with E-state index >= 15 is 0 Å². The zero-order valence-electron chi connectivity index (χ0n) is 15.0. The lowest BCUT2D eigenvalue weighted by Gasteiger charge is -2.36. The van der Waals surface area contributed by atoms with Crippen LogP contribution in [0.15, 0.2) is 6.07 Å². The van der Waals surface area contributed by atoms with Crippen molar-refractivity contribution in [2.24, 2.45) is 13.0 Å². The van der Waals surface area contributed by atoms with Gasteiger partial charge in [0.1, 0.15) is 0 Å². The Morgan fingerprint density at radius 2 is 2.27 bits per heavy atom. The molecule has 3 rings (SSSR count). The van der Waals surface area contributed by atoms with E-state index in [1.165, 1.54) is 0 Å². The first-order chi connectivity index (χ1) is 12.1. The summed E-state index contributed by atoms with van der Waals surface area (Å²) in [4.78, 5) is 25.3. The fourth-order valence-corrected chi connectivity index (χ4v) is 4.30. The molecule has 26 heavy (non-hydrogen) atoms. The van der Waals surface area contributed by atoms with Gasteiger partial charge in [0, 0.05) is 20.1 Å². The minimum absolute atomic E-state index is 0.0947. The molecule has 2 saturated heterocycles. The second-order valence-electron chi connectivity index (χ2n) is 6.72. The maximum Gasteiger partial charge on any atom is 0.254 e. The third kappa shape index (κ3) is 3.33. The molecular formula is C15H23N5O5S. The second kappa shape index (κ2) is 6.63. The second-order valence-corrected chi connectivity index (χ2v) is 8.70. The molecule has 144 valence electrons. The molecule has 0 aliphatic carbocycles. The van der Waals surface area contributed by atoms with E-state index in [0.717, 1.165) is 21.9 Å². The monoisotopic (exact) mass is 385 g/mol. The van der Waals surface area contributed by atoms with Crippen LogP contribution in [0.4, 0.5) is 0 Å². The molecule has 0 unspecified atom stereocenters. The highest BCUT2D eigenvalue weighted by molar-refractivity contribution is 7.88. The summed E-state index contributed by atoms with van der Waals surface area (Å²) >= 11 is 0. The topological polar surface area (TPSA) is 123 Å². The van der Waals surface area contributed by atoms with Crippen molar-refractivity contribution in [3.8, 4) is 0 Å². The molecule has 1 aromatic heterocycles. The third-order valence-corrected chi connectivity index (χ3v) is 6.04. The van der Waals surface area contributed by atoms with Crippen LogP contribution >= 0.6 is 0 Å². The maximum absolute atomic E-state index is 12.8. The number of nitrogens with one attached hydrogen (secondary N) is 2. The number of aryl methyl sites for hydroxylation is 2. The summed E-state index contributed by atoms with van der Waals surface area (Å²) in [5, 5.41) is 9.67. The molecule has 2 N–H and O–H groups in total. The van der Waals surface area contributed by atoms with Crippen LogP contribution in [0.1, 0.15) is 11.4 Å². The summed E-state index contributed by atoms with van der Waals surface area (Å²) in [6.07, 6.45) is 1.06. The van der Waals surface area contributed by atoms with Crippen LogP contribution in [0.2, 0.25) is 0 Å². The molecule has 1 spiro atoms. The molecule has 2 aliphatic rings.